The van der Waals surface area contributed by atoms with Crippen molar-refractivity contribution < 1.29 is 14.3 Å². The number of benzene rings is 3. The van der Waals surface area contributed by atoms with Gasteiger partial charge in [0, 0.05) is 0 Å². The van der Waals surface area contributed by atoms with Crippen LogP contribution < -0.4 is 0 Å². The molecule has 3 aromatic carbocycles. The monoisotopic (exact) mass is 294 g/mol. The zero-order valence-electron chi connectivity index (χ0n) is 11.9. The Morgan fingerprint density at radius 1 is 0.955 bits per heavy atom. The summed E-state index contributed by atoms with van der Waals surface area (Å²) < 4.78 is 13.0. The van der Waals surface area contributed by atoms with Gasteiger partial charge in [-0.2, -0.15) is 0 Å². The van der Waals surface area contributed by atoms with Gasteiger partial charge in [-0.05, 0) is 40.5 Å². The van der Waals surface area contributed by atoms with Crippen LogP contribution in [0.3, 0.4) is 0 Å². The Morgan fingerprint density at radius 3 is 2.36 bits per heavy atom. The molecule has 3 heteroatoms. The highest BCUT2D eigenvalue weighted by molar-refractivity contribution is 5.90. The van der Waals surface area contributed by atoms with Gasteiger partial charge in [0.25, 0.3) is 0 Å². The Balaban J connectivity index is 2.03. The molecule has 0 aliphatic carbocycles. The molecule has 1 unspecified atom stereocenters. The molecule has 0 radical (unpaired) electrons. The van der Waals surface area contributed by atoms with Gasteiger partial charge in [-0.15, -0.1) is 0 Å². The molecule has 0 saturated heterocycles. The largest absolute Gasteiger partial charge is 0.481 e. The van der Waals surface area contributed by atoms with Crippen LogP contribution in [0.4, 0.5) is 4.39 Å². The van der Waals surface area contributed by atoms with Crippen molar-refractivity contribution in [3.05, 3.63) is 83.7 Å². The highest BCUT2D eigenvalue weighted by Gasteiger charge is 2.22. The van der Waals surface area contributed by atoms with Gasteiger partial charge in [-0.3, -0.25) is 4.79 Å². The summed E-state index contributed by atoms with van der Waals surface area (Å²) in [4.78, 5) is 11.7. The number of aliphatic carboxylic acids is 1. The van der Waals surface area contributed by atoms with Gasteiger partial charge in [0.15, 0.2) is 0 Å². The minimum Gasteiger partial charge on any atom is -0.481 e. The van der Waals surface area contributed by atoms with Crippen LogP contribution in [0.5, 0.6) is 0 Å². The Hall–Kier alpha value is -2.68. The van der Waals surface area contributed by atoms with Crippen LogP contribution in [-0.4, -0.2) is 11.1 Å². The third kappa shape index (κ3) is 2.84. The topological polar surface area (TPSA) is 37.3 Å². The van der Waals surface area contributed by atoms with Crippen molar-refractivity contribution in [2.45, 2.75) is 12.3 Å². The van der Waals surface area contributed by atoms with Crippen molar-refractivity contribution >= 4 is 16.7 Å². The van der Waals surface area contributed by atoms with Crippen molar-refractivity contribution in [2.24, 2.45) is 0 Å². The molecule has 3 rings (SSSR count). The maximum Gasteiger partial charge on any atom is 0.311 e. The molecule has 110 valence electrons. The van der Waals surface area contributed by atoms with E-state index in [1.54, 1.807) is 12.1 Å². The van der Waals surface area contributed by atoms with E-state index in [9.17, 15) is 14.3 Å². The number of carboxylic acids is 1. The first-order valence-corrected chi connectivity index (χ1v) is 7.10. The molecule has 0 heterocycles. The molecule has 0 spiro atoms. The lowest BCUT2D eigenvalue weighted by atomic mass is 9.88. The Bertz CT molecular complexity index is 804. The molecule has 0 aliphatic rings. The smallest absolute Gasteiger partial charge is 0.311 e. The zero-order valence-corrected chi connectivity index (χ0v) is 11.9. The van der Waals surface area contributed by atoms with Crippen LogP contribution in [0.15, 0.2) is 66.7 Å². The summed E-state index contributed by atoms with van der Waals surface area (Å²) in [6, 6.07) is 19.4. The second-order valence-corrected chi connectivity index (χ2v) is 5.29. The third-order valence-corrected chi connectivity index (χ3v) is 3.85. The fourth-order valence-corrected chi connectivity index (χ4v) is 2.74. The quantitative estimate of drug-likeness (QED) is 0.775. The molecule has 0 saturated carbocycles. The molecule has 0 bridgehead atoms. The molecule has 0 aromatic heterocycles. The van der Waals surface area contributed by atoms with E-state index >= 15 is 0 Å². The molecular formula is C19H15FO2. The molecule has 1 N–H and O–H groups in total. The van der Waals surface area contributed by atoms with Crippen molar-refractivity contribution in [2.75, 3.05) is 0 Å². The predicted octanol–water partition coefficient (Wildman–Crippen LogP) is 4.39. The molecule has 0 fully saturated rings. The van der Waals surface area contributed by atoms with Gasteiger partial charge in [-0.1, -0.05) is 54.6 Å². The molecule has 1 atom stereocenters. The van der Waals surface area contributed by atoms with E-state index in [1.807, 2.05) is 42.5 Å². The molecule has 22 heavy (non-hydrogen) atoms. The number of hydrogen-bond acceptors (Lipinski definition) is 1. The van der Waals surface area contributed by atoms with Crippen LogP contribution in [0.1, 0.15) is 17.0 Å². The number of fused-ring (bicyclic) bond motifs is 1. The van der Waals surface area contributed by atoms with E-state index in [2.05, 4.69) is 0 Å². The van der Waals surface area contributed by atoms with E-state index in [1.165, 1.54) is 12.1 Å². The zero-order chi connectivity index (χ0) is 15.5. The highest BCUT2D eigenvalue weighted by Crippen LogP contribution is 2.28. The standard InChI is InChI=1S/C19H15FO2/c20-15-10-8-13(9-11-15)12-18(19(21)22)17-7-3-5-14-4-1-2-6-16(14)17/h1-11,18H,12H2,(H,21,22). The van der Waals surface area contributed by atoms with Gasteiger partial charge < -0.3 is 5.11 Å². The first kappa shape index (κ1) is 14.3. The van der Waals surface area contributed by atoms with Gasteiger partial charge in [-0.25, -0.2) is 4.39 Å². The number of carboxylic acid groups (broad SMARTS) is 1. The van der Waals surface area contributed by atoms with Crippen LogP contribution in [0.2, 0.25) is 0 Å². The predicted molar refractivity (Wildman–Crippen MR) is 84.4 cm³/mol. The Morgan fingerprint density at radius 2 is 1.64 bits per heavy atom. The summed E-state index contributed by atoms with van der Waals surface area (Å²) in [6.45, 7) is 0. The molecule has 2 nitrogen and oxygen atoms in total. The summed E-state index contributed by atoms with van der Waals surface area (Å²) in [7, 11) is 0. The Labute approximate surface area is 127 Å². The Kier molecular flexibility index (Phi) is 3.88. The lowest BCUT2D eigenvalue weighted by Crippen LogP contribution is -2.15. The van der Waals surface area contributed by atoms with Gasteiger partial charge in [0.2, 0.25) is 0 Å². The molecular weight excluding hydrogens is 279 g/mol. The van der Waals surface area contributed by atoms with Crippen LogP contribution in [-0.2, 0) is 11.2 Å². The van der Waals surface area contributed by atoms with E-state index < -0.39 is 11.9 Å². The summed E-state index contributed by atoms with van der Waals surface area (Å²) in [5.74, 6) is -1.85. The van der Waals surface area contributed by atoms with Crippen LogP contribution in [0.25, 0.3) is 10.8 Å². The average molecular weight is 294 g/mol. The third-order valence-electron chi connectivity index (χ3n) is 3.85. The van der Waals surface area contributed by atoms with Crippen molar-refractivity contribution in [1.29, 1.82) is 0 Å². The minimum atomic E-state index is -0.874. The van der Waals surface area contributed by atoms with Crippen molar-refractivity contribution in [1.82, 2.24) is 0 Å². The van der Waals surface area contributed by atoms with Crippen molar-refractivity contribution in [3.63, 3.8) is 0 Å². The second kappa shape index (κ2) is 5.98. The summed E-state index contributed by atoms with van der Waals surface area (Å²) in [6.07, 6.45) is 0.337. The van der Waals surface area contributed by atoms with E-state index in [-0.39, 0.29) is 5.82 Å². The highest BCUT2D eigenvalue weighted by atomic mass is 19.1. The maximum atomic E-state index is 13.0. The van der Waals surface area contributed by atoms with E-state index in [0.29, 0.717) is 6.42 Å². The van der Waals surface area contributed by atoms with Crippen molar-refractivity contribution in [3.8, 4) is 0 Å². The second-order valence-electron chi connectivity index (χ2n) is 5.29. The van der Waals surface area contributed by atoms with E-state index in [4.69, 9.17) is 0 Å². The SMILES string of the molecule is O=C(O)C(Cc1ccc(F)cc1)c1cccc2ccccc12. The fraction of sp³-hybridized carbons (Fsp3) is 0.105. The number of halogens is 1. The summed E-state index contributed by atoms with van der Waals surface area (Å²) in [5, 5.41) is 11.6. The fourth-order valence-electron chi connectivity index (χ4n) is 2.74. The lowest BCUT2D eigenvalue weighted by Gasteiger charge is -2.15. The number of carbonyl (C=O) groups is 1. The minimum absolute atomic E-state index is 0.319. The van der Waals surface area contributed by atoms with Crippen LogP contribution >= 0.6 is 0 Å². The number of hydrogen-bond donors (Lipinski definition) is 1. The van der Waals surface area contributed by atoms with E-state index in [0.717, 1.165) is 21.9 Å². The van der Waals surface area contributed by atoms with Gasteiger partial charge >= 0.3 is 5.97 Å². The summed E-state index contributed by atoms with van der Waals surface area (Å²) in [5.41, 5.74) is 1.59. The van der Waals surface area contributed by atoms with Gasteiger partial charge in [0.05, 0.1) is 5.92 Å². The molecule has 0 aliphatic heterocycles. The number of rotatable bonds is 4. The van der Waals surface area contributed by atoms with Gasteiger partial charge in [0.1, 0.15) is 5.82 Å². The first-order valence-electron chi connectivity index (χ1n) is 7.10. The molecule has 0 amide bonds. The first-order chi connectivity index (χ1) is 10.6. The van der Waals surface area contributed by atoms with Crippen LogP contribution in [0, 0.1) is 5.82 Å². The normalized spacial score (nSPS) is 12.2. The average Bonchev–Trinajstić information content (AvgIpc) is 2.54. The summed E-state index contributed by atoms with van der Waals surface area (Å²) >= 11 is 0. The molecule has 3 aromatic rings. The lowest BCUT2D eigenvalue weighted by molar-refractivity contribution is -0.138. The maximum absolute atomic E-state index is 13.0.